The maximum Gasteiger partial charge on any atom is 0.263 e. The van der Waals surface area contributed by atoms with E-state index in [2.05, 4.69) is 49.3 Å². The van der Waals surface area contributed by atoms with E-state index in [4.69, 9.17) is 4.74 Å². The number of amides is 1. The highest BCUT2D eigenvalue weighted by Crippen LogP contribution is 2.20. The molecule has 0 aromatic carbocycles. The Morgan fingerprint density at radius 2 is 1.97 bits per heavy atom. The van der Waals surface area contributed by atoms with Gasteiger partial charge < -0.3 is 20.3 Å². The average molecular weight is 410 g/mol. The van der Waals surface area contributed by atoms with Crippen LogP contribution in [0.25, 0.3) is 5.78 Å². The second-order valence-electron chi connectivity index (χ2n) is 7.57. The topological polar surface area (TPSA) is 110 Å². The standard InChI is InChI=1S/C20H26N8O2/c1-5-30-19-15(11-28-10-14(4)24-20(28)26-19)18(29)25-16-6-22-17(7-21-16)27-8-12(2)23-13(3)9-27/h6-7,10-13,23H,5,8-9H2,1-4H3,(H,21,25,29)/t12-,13+. The van der Waals surface area contributed by atoms with Crippen molar-refractivity contribution in [2.75, 3.05) is 29.9 Å². The van der Waals surface area contributed by atoms with Gasteiger partial charge in [0.25, 0.3) is 5.91 Å². The average Bonchev–Trinajstić information content (AvgIpc) is 3.06. The van der Waals surface area contributed by atoms with Crippen LogP contribution in [-0.2, 0) is 0 Å². The van der Waals surface area contributed by atoms with Crippen LogP contribution in [-0.4, -0.2) is 62.0 Å². The van der Waals surface area contributed by atoms with E-state index in [0.717, 1.165) is 24.6 Å². The van der Waals surface area contributed by atoms with Gasteiger partial charge in [0.1, 0.15) is 11.4 Å². The van der Waals surface area contributed by atoms with Gasteiger partial charge in [-0.3, -0.25) is 9.20 Å². The molecule has 1 saturated heterocycles. The maximum absolute atomic E-state index is 12.9. The fraction of sp³-hybridized carbons (Fsp3) is 0.450. The molecule has 1 aliphatic heterocycles. The Kier molecular flexibility index (Phi) is 5.49. The van der Waals surface area contributed by atoms with Gasteiger partial charge >= 0.3 is 0 Å². The molecule has 0 spiro atoms. The number of nitrogens with zero attached hydrogens (tertiary/aromatic N) is 6. The van der Waals surface area contributed by atoms with Gasteiger partial charge in [0.05, 0.1) is 24.7 Å². The first-order valence-corrected chi connectivity index (χ1v) is 10.1. The number of imidazole rings is 1. The SMILES string of the molecule is CCOc1nc2nc(C)cn2cc1C(=O)Nc1cnc(N2C[C@@H](C)N[C@@H](C)C2)cn1. The van der Waals surface area contributed by atoms with Gasteiger partial charge in [0.15, 0.2) is 5.82 Å². The van der Waals surface area contributed by atoms with Crippen LogP contribution in [0.1, 0.15) is 36.8 Å². The van der Waals surface area contributed by atoms with Crippen molar-refractivity contribution < 1.29 is 9.53 Å². The Labute approximate surface area is 174 Å². The van der Waals surface area contributed by atoms with E-state index in [1.54, 1.807) is 29.2 Å². The van der Waals surface area contributed by atoms with E-state index in [1.807, 2.05) is 13.8 Å². The molecule has 0 unspecified atom stereocenters. The molecule has 4 rings (SSSR count). The summed E-state index contributed by atoms with van der Waals surface area (Å²) in [6, 6.07) is 0.752. The molecule has 4 heterocycles. The van der Waals surface area contributed by atoms with E-state index >= 15 is 0 Å². The lowest BCUT2D eigenvalue weighted by molar-refractivity contribution is 0.102. The van der Waals surface area contributed by atoms with Crippen LogP contribution in [0.15, 0.2) is 24.8 Å². The first-order chi connectivity index (χ1) is 14.4. The summed E-state index contributed by atoms with van der Waals surface area (Å²) in [6.07, 6.45) is 6.72. The molecule has 1 fully saturated rings. The molecule has 3 aromatic heterocycles. The summed E-state index contributed by atoms with van der Waals surface area (Å²) < 4.78 is 7.26. The molecular formula is C20H26N8O2. The molecule has 1 amide bonds. The van der Waals surface area contributed by atoms with Gasteiger partial charge in [-0.2, -0.15) is 4.98 Å². The number of rotatable bonds is 5. The summed E-state index contributed by atoms with van der Waals surface area (Å²) in [5.74, 6) is 1.51. The van der Waals surface area contributed by atoms with Gasteiger partial charge in [0, 0.05) is 37.6 Å². The summed E-state index contributed by atoms with van der Waals surface area (Å²) in [6.45, 7) is 10.1. The van der Waals surface area contributed by atoms with E-state index in [-0.39, 0.29) is 11.8 Å². The van der Waals surface area contributed by atoms with Crippen molar-refractivity contribution in [3.05, 3.63) is 36.0 Å². The number of carbonyl (C=O) groups is 1. The summed E-state index contributed by atoms with van der Waals surface area (Å²) in [4.78, 5) is 32.6. The van der Waals surface area contributed by atoms with Crippen molar-refractivity contribution in [1.82, 2.24) is 29.7 Å². The van der Waals surface area contributed by atoms with Crippen LogP contribution in [0.2, 0.25) is 0 Å². The van der Waals surface area contributed by atoms with Gasteiger partial charge in [-0.05, 0) is 27.7 Å². The minimum atomic E-state index is -0.370. The summed E-state index contributed by atoms with van der Waals surface area (Å²) in [7, 11) is 0. The van der Waals surface area contributed by atoms with E-state index in [9.17, 15) is 4.79 Å². The predicted molar refractivity (Wildman–Crippen MR) is 113 cm³/mol. The molecular weight excluding hydrogens is 384 g/mol. The number of aromatic nitrogens is 5. The van der Waals surface area contributed by atoms with Gasteiger partial charge in [-0.25, -0.2) is 15.0 Å². The zero-order valence-electron chi connectivity index (χ0n) is 17.6. The third-order valence-electron chi connectivity index (χ3n) is 4.82. The lowest BCUT2D eigenvalue weighted by atomic mass is 10.1. The van der Waals surface area contributed by atoms with E-state index in [0.29, 0.717) is 35.8 Å². The van der Waals surface area contributed by atoms with Gasteiger partial charge in [-0.15, -0.1) is 0 Å². The molecule has 1 aliphatic rings. The monoisotopic (exact) mass is 410 g/mol. The normalized spacial score (nSPS) is 19.1. The minimum Gasteiger partial charge on any atom is -0.477 e. The second-order valence-corrected chi connectivity index (χ2v) is 7.57. The maximum atomic E-state index is 12.9. The van der Waals surface area contributed by atoms with Crippen LogP contribution in [0, 0.1) is 6.92 Å². The number of anilines is 2. The number of nitrogens with one attached hydrogen (secondary N) is 2. The fourth-order valence-corrected chi connectivity index (χ4v) is 3.68. The lowest BCUT2D eigenvalue weighted by Gasteiger charge is -2.36. The zero-order valence-corrected chi connectivity index (χ0v) is 17.6. The molecule has 3 aromatic rings. The smallest absolute Gasteiger partial charge is 0.263 e. The van der Waals surface area contributed by atoms with Gasteiger partial charge in [0.2, 0.25) is 11.7 Å². The quantitative estimate of drug-likeness (QED) is 0.654. The number of hydrogen-bond acceptors (Lipinski definition) is 8. The van der Waals surface area contributed by atoms with E-state index in [1.165, 1.54) is 0 Å². The predicted octanol–water partition coefficient (Wildman–Crippen LogP) is 1.67. The van der Waals surface area contributed by atoms with Crippen molar-refractivity contribution in [3.63, 3.8) is 0 Å². The fourth-order valence-electron chi connectivity index (χ4n) is 3.68. The highest BCUT2D eigenvalue weighted by molar-refractivity contribution is 6.05. The Morgan fingerprint density at radius 3 is 2.63 bits per heavy atom. The molecule has 10 heteroatoms. The lowest BCUT2D eigenvalue weighted by Crippen LogP contribution is -2.54. The highest BCUT2D eigenvalue weighted by atomic mass is 16.5. The third kappa shape index (κ3) is 4.18. The molecule has 0 aliphatic carbocycles. The molecule has 0 saturated carbocycles. The number of fused-ring (bicyclic) bond motifs is 1. The number of ether oxygens (including phenoxy) is 1. The molecule has 10 nitrogen and oxygen atoms in total. The summed E-state index contributed by atoms with van der Waals surface area (Å²) >= 11 is 0. The Morgan fingerprint density at radius 1 is 1.20 bits per heavy atom. The number of hydrogen-bond donors (Lipinski definition) is 2. The first-order valence-electron chi connectivity index (χ1n) is 10.1. The van der Waals surface area contributed by atoms with Crippen molar-refractivity contribution in [2.45, 2.75) is 39.8 Å². The van der Waals surface area contributed by atoms with Crippen LogP contribution in [0.5, 0.6) is 5.88 Å². The molecule has 30 heavy (non-hydrogen) atoms. The van der Waals surface area contributed by atoms with Crippen molar-refractivity contribution in [3.8, 4) is 5.88 Å². The zero-order chi connectivity index (χ0) is 21.3. The highest BCUT2D eigenvalue weighted by Gasteiger charge is 2.22. The summed E-state index contributed by atoms with van der Waals surface area (Å²) in [5, 5.41) is 6.27. The number of piperazine rings is 1. The molecule has 158 valence electrons. The van der Waals surface area contributed by atoms with Crippen molar-refractivity contribution >= 4 is 23.3 Å². The first kappa shape index (κ1) is 20.0. The Hall–Kier alpha value is -3.27. The van der Waals surface area contributed by atoms with Gasteiger partial charge in [-0.1, -0.05) is 0 Å². The second kappa shape index (κ2) is 8.23. The number of carbonyl (C=O) groups excluding carboxylic acids is 1. The van der Waals surface area contributed by atoms with Crippen LogP contribution in [0.3, 0.4) is 0 Å². The van der Waals surface area contributed by atoms with Crippen molar-refractivity contribution in [1.29, 1.82) is 0 Å². The largest absolute Gasteiger partial charge is 0.477 e. The van der Waals surface area contributed by atoms with E-state index < -0.39 is 0 Å². The third-order valence-corrected chi connectivity index (χ3v) is 4.82. The molecule has 0 radical (unpaired) electrons. The Balaban J connectivity index is 1.53. The molecule has 2 atom stereocenters. The molecule has 2 N–H and O–H groups in total. The van der Waals surface area contributed by atoms with Crippen LogP contribution >= 0.6 is 0 Å². The van der Waals surface area contributed by atoms with Crippen LogP contribution < -0.4 is 20.3 Å². The number of aryl methyl sites for hydroxylation is 1. The van der Waals surface area contributed by atoms with Crippen molar-refractivity contribution in [2.24, 2.45) is 0 Å². The summed E-state index contributed by atoms with van der Waals surface area (Å²) in [5.41, 5.74) is 1.11. The van der Waals surface area contributed by atoms with Crippen LogP contribution in [0.4, 0.5) is 11.6 Å². The molecule has 0 bridgehead atoms. The Bertz CT molecular complexity index is 1040. The minimum absolute atomic E-state index is 0.237.